The summed E-state index contributed by atoms with van der Waals surface area (Å²) in [6.07, 6.45) is 3.63. The maximum atomic E-state index is 12.2. The summed E-state index contributed by atoms with van der Waals surface area (Å²) < 4.78 is 16.0. The minimum absolute atomic E-state index is 0.00674. The Kier molecular flexibility index (Phi) is 6.10. The van der Waals surface area contributed by atoms with E-state index in [-0.39, 0.29) is 17.9 Å². The van der Waals surface area contributed by atoms with Crippen LogP contribution in [0.15, 0.2) is 12.1 Å². The van der Waals surface area contributed by atoms with E-state index in [1.54, 1.807) is 33.5 Å². The van der Waals surface area contributed by atoms with Crippen LogP contribution in [0.1, 0.15) is 31.2 Å². The van der Waals surface area contributed by atoms with Crippen LogP contribution in [-0.2, 0) is 11.3 Å². The summed E-state index contributed by atoms with van der Waals surface area (Å²) in [5.74, 6) is 2.19. The van der Waals surface area contributed by atoms with Crippen molar-refractivity contribution in [3.05, 3.63) is 17.7 Å². The molecule has 6 heteroatoms. The lowest BCUT2D eigenvalue weighted by Crippen LogP contribution is -2.31. The van der Waals surface area contributed by atoms with Gasteiger partial charge in [-0.2, -0.15) is 0 Å². The Morgan fingerprint density at radius 3 is 2.30 bits per heavy atom. The van der Waals surface area contributed by atoms with E-state index < -0.39 is 0 Å². The molecule has 1 saturated carbocycles. The molecular formula is C17H26N2O4. The van der Waals surface area contributed by atoms with Gasteiger partial charge < -0.3 is 25.3 Å². The summed E-state index contributed by atoms with van der Waals surface area (Å²) in [7, 11) is 4.74. The quantitative estimate of drug-likeness (QED) is 0.800. The molecule has 6 nitrogen and oxygen atoms in total. The minimum atomic E-state index is 0.00674. The molecule has 1 aliphatic rings. The zero-order chi connectivity index (χ0) is 16.8. The van der Waals surface area contributed by atoms with E-state index in [1.165, 1.54) is 0 Å². The SMILES string of the molecule is COc1cc(OC)c(CNC(=O)C[C@@H]2CCC[C@H]2N)c(OC)c1. The molecule has 0 bridgehead atoms. The molecule has 0 radical (unpaired) electrons. The second-order valence-electron chi connectivity index (χ2n) is 5.85. The fourth-order valence-electron chi connectivity index (χ4n) is 3.07. The zero-order valence-corrected chi connectivity index (χ0v) is 14.1. The second kappa shape index (κ2) is 8.06. The van der Waals surface area contributed by atoms with Gasteiger partial charge in [-0.05, 0) is 18.8 Å². The molecule has 1 fully saturated rings. The van der Waals surface area contributed by atoms with Crippen molar-refractivity contribution in [1.82, 2.24) is 5.32 Å². The lowest BCUT2D eigenvalue weighted by Gasteiger charge is -2.17. The smallest absolute Gasteiger partial charge is 0.220 e. The first-order chi connectivity index (χ1) is 11.1. The van der Waals surface area contributed by atoms with Crippen LogP contribution in [0.4, 0.5) is 0 Å². The van der Waals surface area contributed by atoms with Gasteiger partial charge in [0, 0.05) is 24.6 Å². The van der Waals surface area contributed by atoms with Crippen molar-refractivity contribution in [3.63, 3.8) is 0 Å². The largest absolute Gasteiger partial charge is 0.496 e. The van der Waals surface area contributed by atoms with Crippen molar-refractivity contribution in [1.29, 1.82) is 0 Å². The number of hydrogen-bond donors (Lipinski definition) is 2. The molecule has 1 aromatic rings. The van der Waals surface area contributed by atoms with Crippen LogP contribution in [-0.4, -0.2) is 33.3 Å². The van der Waals surface area contributed by atoms with Gasteiger partial charge in [-0.3, -0.25) is 4.79 Å². The molecular weight excluding hydrogens is 296 g/mol. The number of nitrogens with two attached hydrogens (primary N) is 1. The number of carbonyl (C=O) groups is 1. The Morgan fingerprint density at radius 1 is 1.17 bits per heavy atom. The topological polar surface area (TPSA) is 82.8 Å². The zero-order valence-electron chi connectivity index (χ0n) is 14.1. The third-order valence-electron chi connectivity index (χ3n) is 4.44. The highest BCUT2D eigenvalue weighted by Gasteiger charge is 2.26. The summed E-state index contributed by atoms with van der Waals surface area (Å²) in [6, 6.07) is 3.69. The standard InChI is InChI=1S/C17H26N2O4/c1-21-12-8-15(22-2)13(16(9-12)23-3)10-19-17(20)7-11-5-4-6-14(11)18/h8-9,11,14H,4-7,10,18H2,1-3H3,(H,19,20)/t11-,14+/m0/s1. The molecule has 0 spiro atoms. The molecule has 3 N–H and O–H groups in total. The van der Waals surface area contributed by atoms with Crippen LogP contribution in [0.25, 0.3) is 0 Å². The van der Waals surface area contributed by atoms with Crippen molar-refractivity contribution in [2.24, 2.45) is 11.7 Å². The molecule has 2 rings (SSSR count). The molecule has 0 aliphatic heterocycles. The molecule has 0 saturated heterocycles. The average Bonchev–Trinajstić information content (AvgIpc) is 2.96. The minimum Gasteiger partial charge on any atom is -0.496 e. The van der Waals surface area contributed by atoms with Gasteiger partial charge in [-0.1, -0.05) is 6.42 Å². The van der Waals surface area contributed by atoms with Gasteiger partial charge in [-0.25, -0.2) is 0 Å². The van der Waals surface area contributed by atoms with Crippen LogP contribution in [0.5, 0.6) is 17.2 Å². The lowest BCUT2D eigenvalue weighted by atomic mass is 10.00. The van der Waals surface area contributed by atoms with Crippen LogP contribution < -0.4 is 25.3 Å². The third-order valence-corrected chi connectivity index (χ3v) is 4.44. The highest BCUT2D eigenvalue weighted by Crippen LogP contribution is 2.34. The number of carbonyl (C=O) groups excluding carboxylic acids is 1. The summed E-state index contributed by atoms with van der Waals surface area (Å²) >= 11 is 0. The van der Waals surface area contributed by atoms with E-state index >= 15 is 0 Å². The molecule has 0 aromatic heterocycles. The van der Waals surface area contributed by atoms with Gasteiger partial charge in [-0.15, -0.1) is 0 Å². The fourth-order valence-corrected chi connectivity index (χ4v) is 3.07. The van der Waals surface area contributed by atoms with Gasteiger partial charge in [0.25, 0.3) is 0 Å². The fraction of sp³-hybridized carbons (Fsp3) is 0.588. The Balaban J connectivity index is 2.02. The van der Waals surface area contributed by atoms with E-state index in [0.29, 0.717) is 30.2 Å². The summed E-state index contributed by atoms with van der Waals surface area (Å²) in [4.78, 5) is 12.2. The Hall–Kier alpha value is -1.95. The third kappa shape index (κ3) is 4.28. The number of rotatable bonds is 7. The first kappa shape index (κ1) is 17.4. The molecule has 0 unspecified atom stereocenters. The van der Waals surface area contributed by atoms with Crippen LogP contribution in [0, 0.1) is 5.92 Å². The van der Waals surface area contributed by atoms with Crippen molar-refractivity contribution in [2.75, 3.05) is 21.3 Å². The van der Waals surface area contributed by atoms with Crippen molar-refractivity contribution in [2.45, 2.75) is 38.3 Å². The van der Waals surface area contributed by atoms with Gasteiger partial charge in [0.15, 0.2) is 0 Å². The predicted molar refractivity (Wildman–Crippen MR) is 87.9 cm³/mol. The predicted octanol–water partition coefficient (Wildman–Crippen LogP) is 1.85. The van der Waals surface area contributed by atoms with E-state index in [9.17, 15) is 4.79 Å². The Bertz CT molecular complexity index is 522. The number of methoxy groups -OCH3 is 3. The van der Waals surface area contributed by atoms with Crippen molar-refractivity contribution < 1.29 is 19.0 Å². The summed E-state index contributed by atoms with van der Waals surface area (Å²) in [6.45, 7) is 0.344. The van der Waals surface area contributed by atoms with Gasteiger partial charge >= 0.3 is 0 Å². The molecule has 2 atom stereocenters. The Morgan fingerprint density at radius 2 is 1.83 bits per heavy atom. The van der Waals surface area contributed by atoms with Crippen LogP contribution >= 0.6 is 0 Å². The normalized spacial score (nSPS) is 20.2. The van der Waals surface area contributed by atoms with Crippen molar-refractivity contribution in [3.8, 4) is 17.2 Å². The number of ether oxygens (including phenoxy) is 3. The number of benzene rings is 1. The van der Waals surface area contributed by atoms with E-state index in [1.807, 2.05) is 0 Å². The summed E-state index contributed by atoms with van der Waals surface area (Å²) in [5, 5.41) is 2.94. The molecule has 1 amide bonds. The van der Waals surface area contributed by atoms with Gasteiger partial charge in [0.1, 0.15) is 17.2 Å². The first-order valence-electron chi connectivity index (χ1n) is 7.90. The molecule has 23 heavy (non-hydrogen) atoms. The molecule has 128 valence electrons. The van der Waals surface area contributed by atoms with Gasteiger partial charge in [0.2, 0.25) is 5.91 Å². The maximum absolute atomic E-state index is 12.2. The lowest BCUT2D eigenvalue weighted by molar-refractivity contribution is -0.122. The number of amides is 1. The van der Waals surface area contributed by atoms with Crippen LogP contribution in [0.3, 0.4) is 0 Å². The van der Waals surface area contributed by atoms with E-state index in [2.05, 4.69) is 5.32 Å². The monoisotopic (exact) mass is 322 g/mol. The maximum Gasteiger partial charge on any atom is 0.220 e. The highest BCUT2D eigenvalue weighted by atomic mass is 16.5. The number of hydrogen-bond acceptors (Lipinski definition) is 5. The molecule has 0 heterocycles. The first-order valence-corrected chi connectivity index (χ1v) is 7.90. The van der Waals surface area contributed by atoms with E-state index in [4.69, 9.17) is 19.9 Å². The second-order valence-corrected chi connectivity index (χ2v) is 5.85. The van der Waals surface area contributed by atoms with Crippen LogP contribution in [0.2, 0.25) is 0 Å². The highest BCUT2D eigenvalue weighted by molar-refractivity contribution is 5.76. The number of nitrogens with one attached hydrogen (secondary N) is 1. The average molecular weight is 322 g/mol. The summed E-state index contributed by atoms with van der Waals surface area (Å²) in [5.41, 5.74) is 6.82. The Labute approximate surface area is 137 Å². The molecule has 1 aliphatic carbocycles. The van der Waals surface area contributed by atoms with Crippen molar-refractivity contribution >= 4 is 5.91 Å². The molecule has 1 aromatic carbocycles. The van der Waals surface area contributed by atoms with E-state index in [0.717, 1.165) is 24.8 Å². The van der Waals surface area contributed by atoms with Gasteiger partial charge in [0.05, 0.1) is 33.4 Å².